The Bertz CT molecular complexity index is 795. The Morgan fingerprint density at radius 2 is 2.05 bits per heavy atom. The average Bonchev–Trinajstić information content (AvgIpc) is 2.44. The number of anilines is 2. The topological polar surface area (TPSA) is 70.7 Å². The van der Waals surface area contributed by atoms with Gasteiger partial charge in [0.15, 0.2) is 5.82 Å². The molecule has 0 amide bonds. The first kappa shape index (κ1) is 12.1. The highest BCUT2D eigenvalue weighted by atomic mass is 127. The highest BCUT2D eigenvalue weighted by Crippen LogP contribution is 2.25. The second kappa shape index (κ2) is 4.96. The van der Waals surface area contributed by atoms with Crippen molar-refractivity contribution in [3.8, 4) is 0 Å². The van der Waals surface area contributed by atoms with E-state index in [0.717, 1.165) is 16.6 Å². The predicted molar refractivity (Wildman–Crippen MR) is 82.6 cm³/mol. The number of fused-ring (bicyclic) bond motifs is 1. The van der Waals surface area contributed by atoms with E-state index in [2.05, 4.69) is 20.3 Å². The van der Waals surface area contributed by atoms with Crippen molar-refractivity contribution in [1.82, 2.24) is 15.0 Å². The van der Waals surface area contributed by atoms with Gasteiger partial charge >= 0.3 is 0 Å². The lowest BCUT2D eigenvalue weighted by Crippen LogP contribution is -2.13. The van der Waals surface area contributed by atoms with Crippen LogP contribution < -0.4 is 10.9 Å². The van der Waals surface area contributed by atoms with Crippen LogP contribution in [0.1, 0.15) is 0 Å². The minimum atomic E-state index is -0.156. The molecule has 0 saturated carbocycles. The normalized spacial score (nSPS) is 10.6. The van der Waals surface area contributed by atoms with E-state index >= 15 is 0 Å². The van der Waals surface area contributed by atoms with Crippen LogP contribution in [-0.4, -0.2) is 15.0 Å². The van der Waals surface area contributed by atoms with Gasteiger partial charge in [-0.2, -0.15) is 0 Å². The van der Waals surface area contributed by atoms with Gasteiger partial charge in [0.25, 0.3) is 5.56 Å². The zero-order valence-corrected chi connectivity index (χ0v) is 11.9. The van der Waals surface area contributed by atoms with Crippen LogP contribution in [0.4, 0.5) is 11.5 Å². The van der Waals surface area contributed by atoms with Gasteiger partial charge in [0.1, 0.15) is 3.57 Å². The Morgan fingerprint density at radius 1 is 1.16 bits per heavy atom. The number of H-pyrrole nitrogens is 1. The molecule has 0 aliphatic rings. The summed E-state index contributed by atoms with van der Waals surface area (Å²) in [6.07, 6.45) is 3.14. The van der Waals surface area contributed by atoms with E-state index in [1.165, 1.54) is 6.33 Å². The van der Waals surface area contributed by atoms with Crippen molar-refractivity contribution in [3.63, 3.8) is 0 Å². The summed E-state index contributed by atoms with van der Waals surface area (Å²) in [5.41, 5.74) is 1.62. The Kier molecular flexibility index (Phi) is 3.16. The van der Waals surface area contributed by atoms with Crippen molar-refractivity contribution in [2.75, 3.05) is 5.32 Å². The van der Waals surface area contributed by atoms with E-state index in [4.69, 9.17) is 0 Å². The number of hydrogen-bond donors (Lipinski definition) is 2. The van der Waals surface area contributed by atoms with Crippen molar-refractivity contribution in [2.24, 2.45) is 0 Å². The number of pyridine rings is 1. The smallest absolute Gasteiger partial charge is 0.266 e. The van der Waals surface area contributed by atoms with Crippen LogP contribution in [0, 0.1) is 3.57 Å². The predicted octanol–water partition coefficient (Wildman–Crippen LogP) is 2.67. The number of aromatic amines is 1. The number of rotatable bonds is 2. The Balaban J connectivity index is 2.11. The van der Waals surface area contributed by atoms with Crippen LogP contribution in [0.25, 0.3) is 10.9 Å². The molecule has 0 unspecified atom stereocenters. The molecule has 2 aromatic heterocycles. The summed E-state index contributed by atoms with van der Waals surface area (Å²) in [6, 6.07) is 9.64. The summed E-state index contributed by atoms with van der Waals surface area (Å²) in [4.78, 5) is 22.5. The molecule has 0 radical (unpaired) electrons. The second-order valence-corrected chi connectivity index (χ2v) is 4.97. The fraction of sp³-hybridized carbons (Fsp3) is 0. The number of halogens is 1. The van der Waals surface area contributed by atoms with Gasteiger partial charge in [0.05, 0.1) is 11.8 Å². The maximum Gasteiger partial charge on any atom is 0.266 e. The van der Waals surface area contributed by atoms with Crippen LogP contribution in [0.5, 0.6) is 0 Å². The molecular weight excluding hydrogens is 355 g/mol. The van der Waals surface area contributed by atoms with Gasteiger partial charge in [0, 0.05) is 17.3 Å². The van der Waals surface area contributed by atoms with E-state index in [9.17, 15) is 4.79 Å². The van der Waals surface area contributed by atoms with Crippen molar-refractivity contribution < 1.29 is 0 Å². The van der Waals surface area contributed by atoms with E-state index in [1.54, 1.807) is 6.20 Å². The highest BCUT2D eigenvalue weighted by Gasteiger charge is 2.07. The first-order chi connectivity index (χ1) is 9.25. The standard InChI is InChI=1S/C13H9IN4O/c14-11-12(16-7-17-13(11)19)18-10-5-1-4-9-8(10)3-2-6-15-9/h1-7H,(H2,16,17,18,19). The van der Waals surface area contributed by atoms with E-state index < -0.39 is 0 Å². The lowest BCUT2D eigenvalue weighted by molar-refractivity contribution is 1.10. The molecule has 0 aliphatic carbocycles. The molecule has 6 heteroatoms. The van der Waals surface area contributed by atoms with Gasteiger partial charge in [0.2, 0.25) is 0 Å². The van der Waals surface area contributed by atoms with E-state index in [0.29, 0.717) is 9.39 Å². The molecular formula is C13H9IN4O. The van der Waals surface area contributed by atoms with E-state index in [1.807, 2.05) is 52.9 Å². The Morgan fingerprint density at radius 3 is 2.95 bits per heavy atom. The van der Waals surface area contributed by atoms with Crippen molar-refractivity contribution in [1.29, 1.82) is 0 Å². The van der Waals surface area contributed by atoms with Crippen LogP contribution in [0.3, 0.4) is 0 Å². The van der Waals surface area contributed by atoms with Gasteiger partial charge in [-0.25, -0.2) is 4.98 Å². The van der Waals surface area contributed by atoms with Crippen molar-refractivity contribution in [3.05, 3.63) is 56.8 Å². The second-order valence-electron chi connectivity index (χ2n) is 3.89. The number of hydrogen-bond acceptors (Lipinski definition) is 4. The lowest BCUT2D eigenvalue weighted by Gasteiger charge is -2.09. The number of aromatic nitrogens is 3. The van der Waals surface area contributed by atoms with Crippen molar-refractivity contribution >= 4 is 45.0 Å². The number of nitrogens with one attached hydrogen (secondary N) is 2. The average molecular weight is 364 g/mol. The monoisotopic (exact) mass is 364 g/mol. The minimum Gasteiger partial charge on any atom is -0.339 e. The highest BCUT2D eigenvalue weighted by molar-refractivity contribution is 14.1. The van der Waals surface area contributed by atoms with Gasteiger partial charge in [-0.15, -0.1) is 0 Å². The molecule has 0 atom stereocenters. The molecule has 0 spiro atoms. The zero-order chi connectivity index (χ0) is 13.2. The molecule has 2 heterocycles. The van der Waals surface area contributed by atoms with Gasteiger partial charge in [-0.1, -0.05) is 6.07 Å². The molecule has 0 saturated heterocycles. The molecule has 0 fully saturated rings. The molecule has 3 aromatic rings. The minimum absolute atomic E-state index is 0.156. The number of benzene rings is 1. The van der Waals surface area contributed by atoms with Gasteiger partial charge in [-0.3, -0.25) is 9.78 Å². The summed E-state index contributed by atoms with van der Waals surface area (Å²) in [5.74, 6) is 0.542. The third kappa shape index (κ3) is 2.30. The van der Waals surface area contributed by atoms with Gasteiger partial charge in [-0.05, 0) is 46.9 Å². The third-order valence-electron chi connectivity index (χ3n) is 2.70. The lowest BCUT2D eigenvalue weighted by atomic mass is 10.2. The largest absolute Gasteiger partial charge is 0.339 e. The van der Waals surface area contributed by atoms with Crippen molar-refractivity contribution in [2.45, 2.75) is 0 Å². The molecule has 0 bridgehead atoms. The molecule has 19 heavy (non-hydrogen) atoms. The molecule has 1 aromatic carbocycles. The molecule has 5 nitrogen and oxygen atoms in total. The Hall–Kier alpha value is -1.96. The summed E-state index contributed by atoms with van der Waals surface area (Å²) in [6.45, 7) is 0. The quantitative estimate of drug-likeness (QED) is 0.686. The molecule has 0 aliphatic heterocycles. The first-order valence-electron chi connectivity index (χ1n) is 5.59. The van der Waals surface area contributed by atoms with Crippen LogP contribution in [0.15, 0.2) is 47.7 Å². The van der Waals surface area contributed by atoms with Gasteiger partial charge < -0.3 is 10.3 Å². The van der Waals surface area contributed by atoms with Crippen LogP contribution in [-0.2, 0) is 0 Å². The summed E-state index contributed by atoms with van der Waals surface area (Å²) >= 11 is 1.97. The number of nitrogens with zero attached hydrogens (tertiary/aromatic N) is 2. The SMILES string of the molecule is O=c1[nH]cnc(Nc2cccc3ncccc23)c1I. The maximum atomic E-state index is 11.5. The summed E-state index contributed by atoms with van der Waals surface area (Å²) in [5, 5.41) is 4.17. The van der Waals surface area contributed by atoms with E-state index in [-0.39, 0.29) is 5.56 Å². The molecule has 94 valence electrons. The van der Waals surface area contributed by atoms with Crippen LogP contribution in [0.2, 0.25) is 0 Å². The fourth-order valence-electron chi connectivity index (χ4n) is 1.81. The fourth-order valence-corrected chi connectivity index (χ4v) is 2.24. The summed E-state index contributed by atoms with van der Waals surface area (Å²) < 4.78 is 0.529. The summed E-state index contributed by atoms with van der Waals surface area (Å²) in [7, 11) is 0. The maximum absolute atomic E-state index is 11.5. The molecule has 2 N–H and O–H groups in total. The first-order valence-corrected chi connectivity index (χ1v) is 6.67. The molecule has 3 rings (SSSR count). The van der Waals surface area contributed by atoms with Crippen LogP contribution >= 0.6 is 22.6 Å². The zero-order valence-electron chi connectivity index (χ0n) is 9.72. The third-order valence-corrected chi connectivity index (χ3v) is 3.70. The Labute approximate surface area is 122 Å².